The summed E-state index contributed by atoms with van der Waals surface area (Å²) in [6.07, 6.45) is 4.91. The molecule has 3 nitrogen and oxygen atoms in total. The highest BCUT2D eigenvalue weighted by Gasteiger charge is 2.28. The molecule has 0 N–H and O–H groups in total. The molecule has 24 heavy (non-hydrogen) atoms. The first kappa shape index (κ1) is 16.2. The van der Waals surface area contributed by atoms with Crippen molar-refractivity contribution in [2.45, 2.75) is 18.9 Å². The van der Waals surface area contributed by atoms with Gasteiger partial charge in [-0.1, -0.05) is 30.3 Å². The van der Waals surface area contributed by atoms with Gasteiger partial charge in [-0.25, -0.2) is 4.39 Å². The normalized spacial score (nSPS) is 17.4. The number of carbonyl (C=O) groups is 1. The van der Waals surface area contributed by atoms with Crippen molar-refractivity contribution in [2.24, 2.45) is 0 Å². The van der Waals surface area contributed by atoms with Crippen LogP contribution in [-0.2, 0) is 4.79 Å². The number of likely N-dealkylation sites (tertiary alicyclic amines) is 1. The van der Waals surface area contributed by atoms with Crippen molar-refractivity contribution in [1.29, 1.82) is 0 Å². The molecule has 0 saturated carbocycles. The fraction of sp³-hybridized carbons (Fsp3) is 0.250. The predicted octanol–water partition coefficient (Wildman–Crippen LogP) is 4.21. The monoisotopic (exact) mass is 325 g/mol. The van der Waals surface area contributed by atoms with Crippen LogP contribution in [0.15, 0.2) is 54.6 Å². The molecule has 1 amide bonds. The minimum absolute atomic E-state index is 0.0636. The molecule has 2 aromatic rings. The highest BCUT2D eigenvalue weighted by atomic mass is 19.1. The zero-order chi connectivity index (χ0) is 16.9. The second-order valence-electron chi connectivity index (χ2n) is 5.82. The molecular weight excluding hydrogens is 305 g/mol. The fourth-order valence-electron chi connectivity index (χ4n) is 3.07. The Hall–Kier alpha value is -2.62. The number of hydrogen-bond donors (Lipinski definition) is 0. The maximum atomic E-state index is 13.6. The molecule has 0 aromatic heterocycles. The Morgan fingerprint density at radius 1 is 1.21 bits per heavy atom. The summed E-state index contributed by atoms with van der Waals surface area (Å²) in [6.45, 7) is 0.719. The number of rotatable bonds is 4. The van der Waals surface area contributed by atoms with Crippen molar-refractivity contribution >= 4 is 12.0 Å². The fourth-order valence-corrected chi connectivity index (χ4v) is 3.07. The predicted molar refractivity (Wildman–Crippen MR) is 92.1 cm³/mol. The van der Waals surface area contributed by atoms with Crippen LogP contribution < -0.4 is 4.74 Å². The van der Waals surface area contributed by atoms with Crippen LogP contribution in [0.4, 0.5) is 4.39 Å². The van der Waals surface area contributed by atoms with Crippen LogP contribution in [0.25, 0.3) is 6.08 Å². The average Bonchev–Trinajstić information content (AvgIpc) is 3.10. The lowest BCUT2D eigenvalue weighted by Gasteiger charge is -2.24. The van der Waals surface area contributed by atoms with Gasteiger partial charge in [-0.15, -0.1) is 0 Å². The number of nitrogens with zero attached hydrogens (tertiary/aromatic N) is 1. The summed E-state index contributed by atoms with van der Waals surface area (Å²) in [5.74, 6) is 0.389. The van der Waals surface area contributed by atoms with Crippen LogP contribution in [0, 0.1) is 5.82 Å². The highest BCUT2D eigenvalue weighted by molar-refractivity contribution is 5.92. The summed E-state index contributed by atoms with van der Waals surface area (Å²) in [5.41, 5.74) is 1.52. The van der Waals surface area contributed by atoms with E-state index in [0.717, 1.165) is 30.7 Å². The lowest BCUT2D eigenvalue weighted by molar-refractivity contribution is -0.126. The Labute approximate surface area is 141 Å². The Balaban J connectivity index is 1.74. The lowest BCUT2D eigenvalue weighted by Crippen LogP contribution is -2.28. The highest BCUT2D eigenvalue weighted by Crippen LogP contribution is 2.33. The van der Waals surface area contributed by atoms with Crippen molar-refractivity contribution in [2.75, 3.05) is 13.7 Å². The van der Waals surface area contributed by atoms with Crippen molar-refractivity contribution in [3.63, 3.8) is 0 Å². The molecule has 1 unspecified atom stereocenters. The van der Waals surface area contributed by atoms with E-state index < -0.39 is 0 Å². The van der Waals surface area contributed by atoms with Gasteiger partial charge in [0.1, 0.15) is 11.6 Å². The topological polar surface area (TPSA) is 29.5 Å². The third-order valence-corrected chi connectivity index (χ3v) is 4.35. The maximum absolute atomic E-state index is 13.6. The molecule has 1 heterocycles. The molecule has 2 aromatic carbocycles. The van der Waals surface area contributed by atoms with Crippen LogP contribution in [0.5, 0.6) is 5.75 Å². The van der Waals surface area contributed by atoms with Gasteiger partial charge in [0.2, 0.25) is 5.91 Å². The van der Waals surface area contributed by atoms with Crippen molar-refractivity contribution in [3.05, 3.63) is 71.6 Å². The Bertz CT molecular complexity index is 740. The summed E-state index contributed by atoms with van der Waals surface area (Å²) in [6, 6.07) is 14.3. The average molecular weight is 325 g/mol. The van der Waals surface area contributed by atoms with Gasteiger partial charge in [0.25, 0.3) is 0 Å². The minimum Gasteiger partial charge on any atom is -0.497 e. The van der Waals surface area contributed by atoms with E-state index in [1.54, 1.807) is 31.4 Å². The third kappa shape index (κ3) is 3.48. The number of ether oxygens (including phenoxy) is 1. The summed E-state index contributed by atoms with van der Waals surface area (Å²) < 4.78 is 18.8. The van der Waals surface area contributed by atoms with Crippen LogP contribution in [-0.4, -0.2) is 24.5 Å². The zero-order valence-electron chi connectivity index (χ0n) is 13.6. The van der Waals surface area contributed by atoms with Crippen LogP contribution in [0.3, 0.4) is 0 Å². The molecule has 1 atom stereocenters. The number of halogens is 1. The number of methoxy groups -OCH3 is 1. The molecule has 1 saturated heterocycles. The molecule has 0 bridgehead atoms. The summed E-state index contributed by atoms with van der Waals surface area (Å²) in [5, 5.41) is 0. The van der Waals surface area contributed by atoms with E-state index in [0.29, 0.717) is 5.56 Å². The Morgan fingerprint density at radius 3 is 2.67 bits per heavy atom. The van der Waals surface area contributed by atoms with Crippen molar-refractivity contribution in [1.82, 2.24) is 4.90 Å². The van der Waals surface area contributed by atoms with Crippen molar-refractivity contribution < 1.29 is 13.9 Å². The molecule has 124 valence electrons. The summed E-state index contributed by atoms with van der Waals surface area (Å²) in [7, 11) is 1.63. The molecule has 4 heteroatoms. The van der Waals surface area contributed by atoms with Crippen LogP contribution in [0.2, 0.25) is 0 Å². The van der Waals surface area contributed by atoms with Gasteiger partial charge in [0.15, 0.2) is 0 Å². The molecule has 0 spiro atoms. The van der Waals surface area contributed by atoms with Crippen LogP contribution >= 0.6 is 0 Å². The lowest BCUT2D eigenvalue weighted by atomic mass is 10.0. The minimum atomic E-state index is -0.324. The van der Waals surface area contributed by atoms with E-state index in [1.165, 1.54) is 12.1 Å². The molecule has 1 fully saturated rings. The SMILES string of the molecule is COc1ccc(C2CCCN2C(=O)C=Cc2ccccc2F)cc1. The number of benzene rings is 2. The molecule has 1 aliphatic heterocycles. The summed E-state index contributed by atoms with van der Waals surface area (Å²) in [4.78, 5) is 14.4. The molecule has 3 rings (SSSR count). The van der Waals surface area contributed by atoms with Gasteiger partial charge in [-0.3, -0.25) is 4.79 Å². The molecule has 0 aliphatic carbocycles. The first-order valence-electron chi connectivity index (χ1n) is 8.06. The van der Waals surface area contributed by atoms with Gasteiger partial charge in [0.05, 0.1) is 13.2 Å². The quantitative estimate of drug-likeness (QED) is 0.788. The van der Waals surface area contributed by atoms with Gasteiger partial charge >= 0.3 is 0 Å². The zero-order valence-corrected chi connectivity index (χ0v) is 13.6. The van der Waals surface area contributed by atoms with E-state index in [1.807, 2.05) is 29.2 Å². The number of amides is 1. The second-order valence-corrected chi connectivity index (χ2v) is 5.82. The van der Waals surface area contributed by atoms with E-state index in [4.69, 9.17) is 4.74 Å². The first-order valence-corrected chi connectivity index (χ1v) is 8.06. The van der Waals surface area contributed by atoms with Gasteiger partial charge in [-0.05, 0) is 42.7 Å². The first-order chi connectivity index (χ1) is 11.7. The number of hydrogen-bond acceptors (Lipinski definition) is 2. The second kappa shape index (κ2) is 7.30. The van der Waals surface area contributed by atoms with Gasteiger partial charge in [-0.2, -0.15) is 0 Å². The molecular formula is C20H20FNO2. The largest absolute Gasteiger partial charge is 0.497 e. The molecule has 1 aliphatic rings. The van der Waals surface area contributed by atoms with E-state index in [9.17, 15) is 9.18 Å². The Kier molecular flexibility index (Phi) is 4.94. The molecule has 0 radical (unpaired) electrons. The van der Waals surface area contributed by atoms with Crippen molar-refractivity contribution in [3.8, 4) is 5.75 Å². The Morgan fingerprint density at radius 2 is 1.96 bits per heavy atom. The standard InChI is InChI=1S/C20H20FNO2/c1-24-17-11-8-16(9-12-17)19-7-4-14-22(19)20(23)13-10-15-5-2-3-6-18(15)21/h2-3,5-6,8-13,19H,4,7,14H2,1H3. The number of carbonyl (C=O) groups excluding carboxylic acids is 1. The smallest absolute Gasteiger partial charge is 0.247 e. The maximum Gasteiger partial charge on any atom is 0.247 e. The van der Waals surface area contributed by atoms with Gasteiger partial charge in [0, 0.05) is 18.2 Å². The van der Waals surface area contributed by atoms with Crippen LogP contribution in [0.1, 0.15) is 30.0 Å². The summed E-state index contributed by atoms with van der Waals surface area (Å²) >= 11 is 0. The van der Waals surface area contributed by atoms with E-state index in [-0.39, 0.29) is 17.8 Å². The van der Waals surface area contributed by atoms with E-state index in [2.05, 4.69) is 0 Å². The van der Waals surface area contributed by atoms with Gasteiger partial charge < -0.3 is 9.64 Å². The van der Waals surface area contributed by atoms with E-state index >= 15 is 0 Å². The third-order valence-electron chi connectivity index (χ3n) is 4.35.